The van der Waals surface area contributed by atoms with Crippen molar-refractivity contribution in [1.82, 2.24) is 15.2 Å². The number of ether oxygens (including phenoxy) is 1. The van der Waals surface area contributed by atoms with Gasteiger partial charge in [0.05, 0.1) is 12.2 Å². The van der Waals surface area contributed by atoms with Gasteiger partial charge in [0, 0.05) is 11.4 Å². The number of nitrogens with zero attached hydrogens (tertiary/aromatic N) is 3. The first-order valence-corrected chi connectivity index (χ1v) is 10.7. The second-order valence-corrected chi connectivity index (χ2v) is 9.59. The normalized spacial score (nSPS) is 18.9. The van der Waals surface area contributed by atoms with Crippen LogP contribution in [0.15, 0.2) is 22.6 Å². The summed E-state index contributed by atoms with van der Waals surface area (Å²) in [7, 11) is 0. The second-order valence-electron chi connectivity index (χ2n) is 9.59. The molecule has 0 bridgehead atoms. The molecule has 0 spiro atoms. The number of hydrogen-bond acceptors (Lipinski definition) is 6. The van der Waals surface area contributed by atoms with Crippen molar-refractivity contribution in [2.75, 3.05) is 18.6 Å². The molecule has 0 radical (unpaired) electrons. The van der Waals surface area contributed by atoms with Gasteiger partial charge in [0.2, 0.25) is 0 Å². The zero-order chi connectivity index (χ0) is 24.0. The Morgan fingerprint density at radius 3 is 2.48 bits per heavy atom. The summed E-state index contributed by atoms with van der Waals surface area (Å²) in [6.07, 6.45) is -2.99. The molecule has 6 nitrogen and oxygen atoms in total. The van der Waals surface area contributed by atoms with E-state index in [9.17, 15) is 17.6 Å². The van der Waals surface area contributed by atoms with Crippen LogP contribution in [0.25, 0.3) is 22.5 Å². The third-order valence-corrected chi connectivity index (χ3v) is 5.73. The van der Waals surface area contributed by atoms with Gasteiger partial charge in [-0.3, -0.25) is 4.39 Å². The van der Waals surface area contributed by atoms with E-state index in [4.69, 9.17) is 14.1 Å². The zero-order valence-electron chi connectivity index (χ0n) is 18.9. The fourth-order valence-electron chi connectivity index (χ4n) is 3.93. The lowest BCUT2D eigenvalue weighted by Gasteiger charge is -2.33. The van der Waals surface area contributed by atoms with Crippen molar-refractivity contribution in [1.29, 1.82) is 0 Å². The number of halogens is 4. The summed E-state index contributed by atoms with van der Waals surface area (Å²) < 4.78 is 61.4. The molecule has 1 aromatic carbocycles. The molecule has 4 rings (SSSR count). The van der Waals surface area contributed by atoms with Crippen LogP contribution in [0.2, 0.25) is 0 Å². The number of rotatable bonds is 6. The fraction of sp³-hybridized carbons (Fsp3) is 0.522. The van der Waals surface area contributed by atoms with Gasteiger partial charge in [0.15, 0.2) is 6.61 Å². The predicted molar refractivity (Wildman–Crippen MR) is 116 cm³/mol. The molecule has 0 saturated heterocycles. The minimum Gasteiger partial charge on any atom is -0.484 e. The van der Waals surface area contributed by atoms with Crippen LogP contribution in [0.3, 0.4) is 0 Å². The van der Waals surface area contributed by atoms with Crippen LogP contribution < -0.4 is 10.1 Å². The number of anilines is 1. The number of nitrogens with one attached hydrogen (secondary N) is 1. The molecule has 0 unspecified atom stereocenters. The smallest absolute Gasteiger partial charge is 0.422 e. The van der Waals surface area contributed by atoms with E-state index in [-0.39, 0.29) is 36.3 Å². The molecule has 1 aliphatic rings. The van der Waals surface area contributed by atoms with Gasteiger partial charge in [-0.25, -0.2) is 4.98 Å². The van der Waals surface area contributed by atoms with E-state index in [2.05, 4.69) is 15.5 Å². The molecule has 1 saturated carbocycles. The summed E-state index contributed by atoms with van der Waals surface area (Å²) in [5.74, 6) is 0.440. The van der Waals surface area contributed by atoms with Crippen LogP contribution >= 0.6 is 0 Å². The highest BCUT2D eigenvalue weighted by Crippen LogP contribution is 2.37. The Bertz CT molecular complexity index is 1150. The fourth-order valence-corrected chi connectivity index (χ4v) is 3.93. The molecule has 0 amide bonds. The lowest BCUT2D eigenvalue weighted by atomic mass is 9.81. The van der Waals surface area contributed by atoms with Crippen LogP contribution in [0.4, 0.5) is 23.6 Å². The van der Waals surface area contributed by atoms with Crippen molar-refractivity contribution in [3.63, 3.8) is 0 Å². The standard InChI is InChI=1S/C23H26F4N4O2/c1-12-5-18(20-30-31-21(33-20)28-14-6-13(7-14)10-24)29-19-16(12)8-15(32-11-23(25,26)27)9-17(19)22(2,3)4/h5,8-9,13-14H,6-7,10-11H2,1-4H3,(H,28,31). The third kappa shape index (κ3) is 5.20. The van der Waals surface area contributed by atoms with Gasteiger partial charge >= 0.3 is 12.2 Å². The Labute approximate surface area is 188 Å². The quantitative estimate of drug-likeness (QED) is 0.450. The molecule has 1 N–H and O–H groups in total. The Hall–Kier alpha value is -2.91. The van der Waals surface area contributed by atoms with Crippen LogP contribution in [-0.4, -0.2) is 40.7 Å². The van der Waals surface area contributed by atoms with E-state index in [1.807, 2.05) is 27.7 Å². The van der Waals surface area contributed by atoms with Crippen molar-refractivity contribution in [3.05, 3.63) is 29.3 Å². The summed E-state index contributed by atoms with van der Waals surface area (Å²) in [6, 6.07) is 5.28. The topological polar surface area (TPSA) is 73.1 Å². The molecule has 10 heteroatoms. The van der Waals surface area contributed by atoms with Crippen molar-refractivity contribution in [3.8, 4) is 17.3 Å². The number of aryl methyl sites for hydroxylation is 1. The lowest BCUT2D eigenvalue weighted by Crippen LogP contribution is -2.36. The van der Waals surface area contributed by atoms with Gasteiger partial charge in [-0.1, -0.05) is 25.9 Å². The molecule has 1 fully saturated rings. The van der Waals surface area contributed by atoms with Gasteiger partial charge in [-0.15, -0.1) is 5.10 Å². The van der Waals surface area contributed by atoms with Crippen molar-refractivity contribution < 1.29 is 26.7 Å². The number of hydrogen-bond donors (Lipinski definition) is 1. The minimum absolute atomic E-state index is 0.0792. The van der Waals surface area contributed by atoms with Crippen molar-refractivity contribution in [2.24, 2.45) is 5.92 Å². The number of alkyl halides is 4. The van der Waals surface area contributed by atoms with E-state index in [1.54, 1.807) is 18.2 Å². The summed E-state index contributed by atoms with van der Waals surface area (Å²) in [5.41, 5.74) is 2.22. The van der Waals surface area contributed by atoms with E-state index in [0.717, 1.165) is 24.0 Å². The number of pyridine rings is 1. The van der Waals surface area contributed by atoms with Gasteiger partial charge in [-0.2, -0.15) is 13.2 Å². The molecule has 33 heavy (non-hydrogen) atoms. The maximum absolute atomic E-state index is 12.7. The number of aromatic nitrogens is 3. The van der Waals surface area contributed by atoms with Gasteiger partial charge in [0.25, 0.3) is 5.89 Å². The Balaban J connectivity index is 1.67. The van der Waals surface area contributed by atoms with Crippen molar-refractivity contribution >= 4 is 16.9 Å². The maximum atomic E-state index is 12.7. The molecule has 3 aromatic rings. The number of benzene rings is 1. The number of fused-ring (bicyclic) bond motifs is 1. The summed E-state index contributed by atoms with van der Waals surface area (Å²) in [5, 5.41) is 11.9. The monoisotopic (exact) mass is 466 g/mol. The molecule has 2 heterocycles. The highest BCUT2D eigenvalue weighted by Gasteiger charge is 2.31. The van der Waals surface area contributed by atoms with Gasteiger partial charge in [0.1, 0.15) is 11.4 Å². The molecule has 2 aromatic heterocycles. The lowest BCUT2D eigenvalue weighted by molar-refractivity contribution is -0.153. The second kappa shape index (κ2) is 8.46. The molecule has 178 valence electrons. The summed E-state index contributed by atoms with van der Waals surface area (Å²) in [4.78, 5) is 4.72. The average Bonchev–Trinajstić information content (AvgIpc) is 3.16. The molecule has 0 atom stereocenters. The van der Waals surface area contributed by atoms with Crippen molar-refractivity contribution in [2.45, 2.75) is 58.2 Å². The molecule has 1 aliphatic carbocycles. The van der Waals surface area contributed by atoms with Gasteiger partial charge < -0.3 is 14.5 Å². The van der Waals surface area contributed by atoms with Crippen LogP contribution in [0.5, 0.6) is 5.75 Å². The van der Waals surface area contributed by atoms with E-state index in [0.29, 0.717) is 16.6 Å². The van der Waals surface area contributed by atoms with Crippen LogP contribution in [0, 0.1) is 12.8 Å². The first-order valence-electron chi connectivity index (χ1n) is 10.7. The Kier molecular flexibility index (Phi) is 5.96. The Morgan fingerprint density at radius 2 is 1.85 bits per heavy atom. The maximum Gasteiger partial charge on any atom is 0.422 e. The highest BCUT2D eigenvalue weighted by molar-refractivity contribution is 5.89. The minimum atomic E-state index is -4.43. The first kappa shape index (κ1) is 23.3. The largest absolute Gasteiger partial charge is 0.484 e. The average molecular weight is 466 g/mol. The SMILES string of the molecule is Cc1cc(-c2nnc(NC3CC(CF)C3)o2)nc2c(C(C)(C)C)cc(OCC(F)(F)F)cc12. The predicted octanol–water partition coefficient (Wildman–Crippen LogP) is 5.99. The third-order valence-electron chi connectivity index (χ3n) is 5.73. The van der Waals surface area contributed by atoms with Crippen LogP contribution in [-0.2, 0) is 5.41 Å². The van der Waals surface area contributed by atoms with Gasteiger partial charge in [-0.05, 0) is 60.4 Å². The molecule has 0 aliphatic heterocycles. The molecular weight excluding hydrogens is 440 g/mol. The van der Waals surface area contributed by atoms with E-state index >= 15 is 0 Å². The van der Waals surface area contributed by atoms with E-state index < -0.39 is 18.2 Å². The molecular formula is C23H26F4N4O2. The Morgan fingerprint density at radius 1 is 1.12 bits per heavy atom. The van der Waals surface area contributed by atoms with Crippen LogP contribution in [0.1, 0.15) is 44.7 Å². The zero-order valence-corrected chi connectivity index (χ0v) is 18.9. The first-order chi connectivity index (χ1) is 15.4. The van der Waals surface area contributed by atoms with E-state index in [1.165, 1.54) is 0 Å². The highest BCUT2D eigenvalue weighted by atomic mass is 19.4. The summed E-state index contributed by atoms with van der Waals surface area (Å²) >= 11 is 0. The summed E-state index contributed by atoms with van der Waals surface area (Å²) in [6.45, 7) is 6.02.